The molecular weight excluding hydrogens is 570 g/mol. The Morgan fingerprint density at radius 2 is 1.65 bits per heavy atom. The minimum Gasteiger partial charge on any atom is -0.497 e. The number of hydrogen-bond acceptors (Lipinski definition) is 8. The molecule has 43 heavy (non-hydrogen) atoms. The zero-order valence-electron chi connectivity index (χ0n) is 25.4. The van der Waals surface area contributed by atoms with E-state index in [1.807, 2.05) is 23.1 Å². The summed E-state index contributed by atoms with van der Waals surface area (Å²) in [6.07, 6.45) is 4.18. The van der Waals surface area contributed by atoms with Crippen LogP contribution in [0.5, 0.6) is 5.75 Å². The summed E-state index contributed by atoms with van der Waals surface area (Å²) in [7, 11) is 1.59. The summed E-state index contributed by atoms with van der Waals surface area (Å²) in [5.74, 6) is 0.478. The molecule has 1 spiro atoms. The lowest BCUT2D eigenvalue weighted by Crippen LogP contribution is -2.56. The van der Waals surface area contributed by atoms with E-state index < -0.39 is 17.1 Å². The number of thiophene rings is 1. The molecule has 0 atom stereocenters. The average Bonchev–Trinajstić information content (AvgIpc) is 3.44. The molecule has 1 N–H and O–H groups in total. The standard InChI is InChI=1S/C31H41N5O6S/c1-30(2,3)42-29(40)32-25-24(22-9-8-21(41-4)18-23(22)43-25)26(37)33-16-10-20(11-17-33)34-13-7-12-31(19-34)27(38)35-14-5-6-15-36(35)28(31)39/h8-9,18,20H,5-7,10-17,19H2,1-4H3,(H,32,40). The van der Waals surface area contributed by atoms with E-state index in [4.69, 9.17) is 9.47 Å². The number of amides is 4. The Morgan fingerprint density at radius 1 is 0.977 bits per heavy atom. The molecule has 11 nitrogen and oxygen atoms in total. The predicted molar refractivity (Wildman–Crippen MR) is 163 cm³/mol. The van der Waals surface area contributed by atoms with Crippen molar-refractivity contribution in [2.45, 2.75) is 70.9 Å². The summed E-state index contributed by atoms with van der Waals surface area (Å²) in [5, 5.41) is 7.42. The van der Waals surface area contributed by atoms with Crippen LogP contribution in [0.2, 0.25) is 0 Å². The third-order valence-corrected chi connectivity index (χ3v) is 10.2. The molecule has 4 aliphatic rings. The molecule has 1 aromatic heterocycles. The molecule has 4 fully saturated rings. The lowest BCUT2D eigenvalue weighted by atomic mass is 9.78. The van der Waals surface area contributed by atoms with Gasteiger partial charge in [-0.3, -0.25) is 34.6 Å². The van der Waals surface area contributed by atoms with Crippen molar-refractivity contribution in [1.29, 1.82) is 0 Å². The number of methoxy groups -OCH3 is 1. The number of carbonyl (C=O) groups excluding carboxylic acids is 4. The smallest absolute Gasteiger partial charge is 0.412 e. The van der Waals surface area contributed by atoms with Crippen molar-refractivity contribution in [3.63, 3.8) is 0 Å². The molecule has 0 aliphatic carbocycles. The van der Waals surface area contributed by atoms with Gasteiger partial charge in [-0.25, -0.2) is 4.79 Å². The van der Waals surface area contributed by atoms with Crippen LogP contribution in [-0.4, -0.2) is 102 Å². The lowest BCUT2D eigenvalue weighted by Gasteiger charge is -2.44. The molecule has 4 amide bonds. The first-order valence-corrected chi connectivity index (χ1v) is 16.1. The van der Waals surface area contributed by atoms with Crippen LogP contribution in [0.1, 0.15) is 69.7 Å². The molecule has 1 aromatic carbocycles. The van der Waals surface area contributed by atoms with Crippen LogP contribution in [-0.2, 0) is 14.3 Å². The molecule has 0 unspecified atom stereocenters. The molecule has 6 rings (SSSR count). The average molecular weight is 612 g/mol. The van der Waals surface area contributed by atoms with Gasteiger partial charge in [0.1, 0.15) is 21.8 Å². The minimum atomic E-state index is -0.964. The van der Waals surface area contributed by atoms with Crippen molar-refractivity contribution in [3.05, 3.63) is 23.8 Å². The molecule has 12 heteroatoms. The third-order valence-electron chi connectivity index (χ3n) is 9.08. The first kappa shape index (κ1) is 29.7. The van der Waals surface area contributed by atoms with E-state index in [1.165, 1.54) is 11.3 Å². The Kier molecular flexibility index (Phi) is 7.78. The number of rotatable bonds is 4. The van der Waals surface area contributed by atoms with Crippen molar-refractivity contribution in [2.75, 3.05) is 51.7 Å². The summed E-state index contributed by atoms with van der Waals surface area (Å²) in [6.45, 7) is 9.04. The number of ether oxygens (including phenoxy) is 2. The quantitative estimate of drug-likeness (QED) is 0.513. The van der Waals surface area contributed by atoms with Gasteiger partial charge >= 0.3 is 6.09 Å². The van der Waals surface area contributed by atoms with Gasteiger partial charge in [-0.2, -0.15) is 0 Å². The Bertz CT molecular complexity index is 1420. The van der Waals surface area contributed by atoms with E-state index in [0.29, 0.717) is 55.5 Å². The highest BCUT2D eigenvalue weighted by Crippen LogP contribution is 2.43. The van der Waals surface area contributed by atoms with E-state index >= 15 is 0 Å². The second kappa shape index (κ2) is 11.3. The maximum Gasteiger partial charge on any atom is 0.412 e. The molecule has 2 aromatic rings. The van der Waals surface area contributed by atoms with Crippen molar-refractivity contribution < 1.29 is 28.7 Å². The largest absolute Gasteiger partial charge is 0.497 e. The van der Waals surface area contributed by atoms with Gasteiger partial charge in [0.25, 0.3) is 17.7 Å². The van der Waals surface area contributed by atoms with Gasteiger partial charge in [-0.1, -0.05) is 0 Å². The molecule has 0 saturated carbocycles. The van der Waals surface area contributed by atoms with Crippen LogP contribution >= 0.6 is 11.3 Å². The van der Waals surface area contributed by atoms with E-state index in [1.54, 1.807) is 37.9 Å². The van der Waals surface area contributed by atoms with Gasteiger partial charge in [0.05, 0.1) is 12.7 Å². The Hall–Kier alpha value is -3.38. The fourth-order valence-corrected chi connectivity index (χ4v) is 8.12. The van der Waals surface area contributed by atoms with E-state index in [-0.39, 0.29) is 23.8 Å². The highest BCUT2D eigenvalue weighted by molar-refractivity contribution is 7.23. The summed E-state index contributed by atoms with van der Waals surface area (Å²) >= 11 is 1.32. The predicted octanol–water partition coefficient (Wildman–Crippen LogP) is 4.32. The van der Waals surface area contributed by atoms with Crippen LogP contribution in [0.4, 0.5) is 9.80 Å². The second-order valence-corrected chi connectivity index (χ2v) is 14.1. The molecule has 0 bridgehead atoms. The SMILES string of the molecule is COc1ccc2c(C(=O)N3CCC(N4CCCC5(C4)C(=O)N4CCCCN4C5=O)CC3)c(NC(=O)OC(C)(C)C)sc2c1. The number of fused-ring (bicyclic) bond motifs is 2. The Balaban J connectivity index is 1.17. The molecular formula is C31H41N5O6S. The number of hydrogen-bond donors (Lipinski definition) is 1. The van der Waals surface area contributed by atoms with Crippen molar-refractivity contribution in [1.82, 2.24) is 19.8 Å². The maximum absolute atomic E-state index is 14.0. The topological polar surface area (TPSA) is 112 Å². The highest BCUT2D eigenvalue weighted by Gasteiger charge is 2.60. The number of nitrogens with one attached hydrogen (secondary N) is 1. The summed E-state index contributed by atoms with van der Waals surface area (Å²) in [6, 6.07) is 5.73. The molecule has 232 valence electrons. The van der Waals surface area contributed by atoms with Crippen molar-refractivity contribution >= 4 is 50.2 Å². The van der Waals surface area contributed by atoms with Gasteiger partial charge in [0, 0.05) is 48.9 Å². The molecule has 4 aliphatic heterocycles. The van der Waals surface area contributed by atoms with Crippen molar-refractivity contribution in [2.24, 2.45) is 5.41 Å². The monoisotopic (exact) mass is 611 g/mol. The Labute approximate surface area is 256 Å². The third kappa shape index (κ3) is 5.43. The summed E-state index contributed by atoms with van der Waals surface area (Å²) < 4.78 is 11.7. The van der Waals surface area contributed by atoms with Gasteiger partial charge in [-0.15, -0.1) is 11.3 Å². The number of benzene rings is 1. The van der Waals surface area contributed by atoms with Gasteiger partial charge < -0.3 is 14.4 Å². The van der Waals surface area contributed by atoms with Crippen molar-refractivity contribution in [3.8, 4) is 5.75 Å². The number of anilines is 1. The number of likely N-dealkylation sites (tertiary alicyclic amines) is 2. The van der Waals surface area contributed by atoms with E-state index in [2.05, 4.69) is 10.2 Å². The maximum atomic E-state index is 14.0. The molecule has 4 saturated heterocycles. The second-order valence-electron chi connectivity index (χ2n) is 13.0. The first-order chi connectivity index (χ1) is 20.5. The first-order valence-electron chi connectivity index (χ1n) is 15.3. The highest BCUT2D eigenvalue weighted by atomic mass is 32.1. The lowest BCUT2D eigenvalue weighted by molar-refractivity contribution is -0.150. The van der Waals surface area contributed by atoms with Gasteiger partial charge in [-0.05, 0) is 84.0 Å². The fourth-order valence-electron chi connectivity index (χ4n) is 7.01. The fraction of sp³-hybridized carbons (Fsp3) is 0.613. The number of carbonyl (C=O) groups is 4. The Morgan fingerprint density at radius 3 is 2.28 bits per heavy atom. The summed E-state index contributed by atoms with van der Waals surface area (Å²) in [5.41, 5.74) is -1.19. The van der Waals surface area contributed by atoms with Crippen LogP contribution < -0.4 is 10.1 Å². The van der Waals surface area contributed by atoms with E-state index in [9.17, 15) is 19.2 Å². The van der Waals surface area contributed by atoms with E-state index in [0.717, 1.165) is 48.7 Å². The summed E-state index contributed by atoms with van der Waals surface area (Å²) in [4.78, 5) is 57.9. The molecule has 0 radical (unpaired) electrons. The number of piperidine rings is 2. The van der Waals surface area contributed by atoms with Gasteiger partial charge in [0.15, 0.2) is 0 Å². The number of hydrazine groups is 1. The zero-order chi connectivity index (χ0) is 30.5. The van der Waals surface area contributed by atoms with Crippen LogP contribution in [0.3, 0.4) is 0 Å². The van der Waals surface area contributed by atoms with Crippen LogP contribution in [0.25, 0.3) is 10.1 Å². The normalized spacial score (nSPS) is 21.4. The van der Waals surface area contributed by atoms with Crippen LogP contribution in [0.15, 0.2) is 18.2 Å². The zero-order valence-corrected chi connectivity index (χ0v) is 26.3. The molecule has 5 heterocycles. The number of nitrogens with zero attached hydrogens (tertiary/aromatic N) is 4. The van der Waals surface area contributed by atoms with Gasteiger partial charge in [0.2, 0.25) is 0 Å². The minimum absolute atomic E-state index is 0.0273. The van der Waals surface area contributed by atoms with Crippen LogP contribution in [0, 0.1) is 5.41 Å².